The molecule has 0 unspecified atom stereocenters. The smallest absolute Gasteiger partial charge is 0.313 e. The second kappa shape index (κ2) is 4.40. The molecule has 1 saturated heterocycles. The highest BCUT2D eigenvalue weighted by atomic mass is 16.5. The topological polar surface area (TPSA) is 43.4 Å². The summed E-state index contributed by atoms with van der Waals surface area (Å²) in [6.45, 7) is 4.30. The van der Waals surface area contributed by atoms with Gasteiger partial charge in [0.05, 0.1) is 12.0 Å². The summed E-state index contributed by atoms with van der Waals surface area (Å²) >= 11 is 0. The van der Waals surface area contributed by atoms with E-state index in [2.05, 4.69) is 6.58 Å². The third-order valence-electron chi connectivity index (χ3n) is 3.88. The summed E-state index contributed by atoms with van der Waals surface area (Å²) in [5.74, 6) is 0.117. The van der Waals surface area contributed by atoms with Gasteiger partial charge in [-0.2, -0.15) is 0 Å². The standard InChI is InChI=1S/C13H18O3/c1-2-10-5-4-8-16-12(15)13(10)7-3-6-11(14)9-13/h2,10H,1,3-9H2/t10-,13-/m0/s1. The van der Waals surface area contributed by atoms with Crippen LogP contribution >= 0.6 is 0 Å². The molecule has 0 aromatic rings. The van der Waals surface area contributed by atoms with E-state index in [9.17, 15) is 9.59 Å². The Hall–Kier alpha value is -1.12. The van der Waals surface area contributed by atoms with Gasteiger partial charge in [0.2, 0.25) is 0 Å². The van der Waals surface area contributed by atoms with Crippen LogP contribution in [0.4, 0.5) is 0 Å². The van der Waals surface area contributed by atoms with Crippen molar-refractivity contribution < 1.29 is 14.3 Å². The van der Waals surface area contributed by atoms with Crippen LogP contribution < -0.4 is 0 Å². The molecule has 0 amide bonds. The second-order valence-electron chi connectivity index (χ2n) is 4.85. The highest BCUT2D eigenvalue weighted by Gasteiger charge is 2.49. The van der Waals surface area contributed by atoms with Crippen LogP contribution in [-0.4, -0.2) is 18.4 Å². The fraction of sp³-hybridized carbons (Fsp3) is 0.692. The summed E-state index contributed by atoms with van der Waals surface area (Å²) < 4.78 is 5.24. The zero-order valence-electron chi connectivity index (χ0n) is 9.54. The summed E-state index contributed by atoms with van der Waals surface area (Å²) in [7, 11) is 0. The van der Waals surface area contributed by atoms with Crippen LogP contribution in [0.3, 0.4) is 0 Å². The number of cyclic esters (lactones) is 1. The number of ketones is 1. The van der Waals surface area contributed by atoms with E-state index in [4.69, 9.17) is 4.74 Å². The van der Waals surface area contributed by atoms with Crippen LogP contribution in [-0.2, 0) is 14.3 Å². The lowest BCUT2D eigenvalue weighted by molar-refractivity contribution is -0.160. The predicted octanol–water partition coefficient (Wildman–Crippen LogP) is 2.26. The highest BCUT2D eigenvalue weighted by molar-refractivity contribution is 5.88. The Kier molecular flexibility index (Phi) is 3.13. The van der Waals surface area contributed by atoms with E-state index in [1.165, 1.54) is 0 Å². The molecule has 1 aliphatic heterocycles. The first-order valence-corrected chi connectivity index (χ1v) is 6.00. The van der Waals surface area contributed by atoms with Crippen molar-refractivity contribution >= 4 is 11.8 Å². The minimum absolute atomic E-state index is 0.103. The molecular formula is C13H18O3. The minimum atomic E-state index is -0.590. The van der Waals surface area contributed by atoms with E-state index in [0.717, 1.165) is 25.7 Å². The summed E-state index contributed by atoms with van der Waals surface area (Å²) in [5, 5.41) is 0. The van der Waals surface area contributed by atoms with Gasteiger partial charge in [-0.1, -0.05) is 6.08 Å². The Morgan fingerprint density at radius 2 is 2.19 bits per heavy atom. The Morgan fingerprint density at radius 3 is 2.88 bits per heavy atom. The van der Waals surface area contributed by atoms with Gasteiger partial charge in [0.25, 0.3) is 0 Å². The Labute approximate surface area is 95.9 Å². The first kappa shape index (κ1) is 11.4. The van der Waals surface area contributed by atoms with Crippen molar-refractivity contribution in [3.8, 4) is 0 Å². The summed E-state index contributed by atoms with van der Waals surface area (Å²) in [6.07, 6.45) is 6.15. The molecule has 2 aliphatic rings. The van der Waals surface area contributed by atoms with Crippen molar-refractivity contribution in [2.75, 3.05) is 6.61 Å². The highest BCUT2D eigenvalue weighted by Crippen LogP contribution is 2.46. The number of Topliss-reactive ketones (excluding diaryl/α,β-unsaturated/α-hetero) is 1. The lowest BCUT2D eigenvalue weighted by Gasteiger charge is -2.37. The monoisotopic (exact) mass is 222 g/mol. The van der Waals surface area contributed by atoms with Gasteiger partial charge in [-0.15, -0.1) is 6.58 Å². The molecule has 0 aromatic heterocycles. The van der Waals surface area contributed by atoms with E-state index in [1.807, 2.05) is 6.08 Å². The molecule has 0 N–H and O–H groups in total. The molecule has 16 heavy (non-hydrogen) atoms. The molecule has 1 aliphatic carbocycles. The number of esters is 1. The quantitative estimate of drug-likeness (QED) is 0.505. The molecule has 2 atom stereocenters. The summed E-state index contributed by atoms with van der Waals surface area (Å²) in [5.41, 5.74) is -0.590. The lowest BCUT2D eigenvalue weighted by atomic mass is 9.64. The average Bonchev–Trinajstić information content (AvgIpc) is 2.41. The number of rotatable bonds is 1. The zero-order chi connectivity index (χ0) is 11.6. The second-order valence-corrected chi connectivity index (χ2v) is 4.85. The van der Waals surface area contributed by atoms with Gasteiger partial charge in [0.15, 0.2) is 0 Å². The van der Waals surface area contributed by atoms with Gasteiger partial charge in [-0.25, -0.2) is 0 Å². The Morgan fingerprint density at radius 1 is 1.38 bits per heavy atom. The molecule has 2 fully saturated rings. The molecule has 1 heterocycles. The van der Waals surface area contributed by atoms with Gasteiger partial charge in [-0.3, -0.25) is 9.59 Å². The number of ether oxygens (including phenoxy) is 1. The van der Waals surface area contributed by atoms with Gasteiger partial charge in [-0.05, 0) is 31.6 Å². The third-order valence-corrected chi connectivity index (χ3v) is 3.88. The fourth-order valence-corrected chi connectivity index (χ4v) is 3.00. The van der Waals surface area contributed by atoms with Gasteiger partial charge in [0.1, 0.15) is 5.78 Å². The van der Waals surface area contributed by atoms with Crippen LogP contribution in [0.1, 0.15) is 38.5 Å². The zero-order valence-corrected chi connectivity index (χ0v) is 9.54. The van der Waals surface area contributed by atoms with E-state index < -0.39 is 5.41 Å². The number of carbonyl (C=O) groups is 2. The SMILES string of the molecule is C=C[C@H]1CCCOC(=O)[C@]12CCCC(=O)C2. The maximum atomic E-state index is 12.1. The van der Waals surface area contributed by atoms with Crippen LogP contribution in [0, 0.1) is 11.3 Å². The molecule has 0 radical (unpaired) electrons. The Balaban J connectivity index is 2.32. The minimum Gasteiger partial charge on any atom is -0.465 e. The van der Waals surface area contributed by atoms with E-state index in [-0.39, 0.29) is 17.7 Å². The van der Waals surface area contributed by atoms with Crippen molar-refractivity contribution in [2.45, 2.75) is 38.5 Å². The summed E-state index contributed by atoms with van der Waals surface area (Å²) in [6, 6.07) is 0. The summed E-state index contributed by atoms with van der Waals surface area (Å²) in [4.78, 5) is 23.7. The molecule has 0 bridgehead atoms. The molecule has 3 heteroatoms. The van der Waals surface area contributed by atoms with Gasteiger partial charge in [0, 0.05) is 12.8 Å². The van der Waals surface area contributed by atoms with Crippen molar-refractivity contribution in [2.24, 2.45) is 11.3 Å². The van der Waals surface area contributed by atoms with E-state index >= 15 is 0 Å². The van der Waals surface area contributed by atoms with Gasteiger partial charge < -0.3 is 4.74 Å². The normalized spacial score (nSPS) is 35.6. The number of hydrogen-bond acceptors (Lipinski definition) is 3. The van der Waals surface area contributed by atoms with Crippen LogP contribution in [0.15, 0.2) is 12.7 Å². The number of allylic oxidation sites excluding steroid dienone is 1. The largest absolute Gasteiger partial charge is 0.465 e. The van der Waals surface area contributed by atoms with Gasteiger partial charge >= 0.3 is 5.97 Å². The van der Waals surface area contributed by atoms with Crippen molar-refractivity contribution in [3.05, 3.63) is 12.7 Å². The molecule has 88 valence electrons. The predicted molar refractivity (Wildman–Crippen MR) is 59.8 cm³/mol. The first-order chi connectivity index (χ1) is 7.69. The third kappa shape index (κ3) is 1.79. The lowest BCUT2D eigenvalue weighted by Crippen LogP contribution is -2.42. The van der Waals surface area contributed by atoms with E-state index in [1.54, 1.807) is 0 Å². The van der Waals surface area contributed by atoms with Crippen molar-refractivity contribution in [1.82, 2.24) is 0 Å². The molecular weight excluding hydrogens is 204 g/mol. The van der Waals surface area contributed by atoms with Crippen LogP contribution in [0.5, 0.6) is 0 Å². The molecule has 1 spiro atoms. The maximum Gasteiger partial charge on any atom is 0.313 e. The average molecular weight is 222 g/mol. The molecule has 0 aromatic carbocycles. The fourth-order valence-electron chi connectivity index (χ4n) is 3.00. The maximum absolute atomic E-state index is 12.1. The number of carbonyl (C=O) groups excluding carboxylic acids is 2. The molecule has 1 saturated carbocycles. The number of hydrogen-bond donors (Lipinski definition) is 0. The molecule has 2 rings (SSSR count). The van der Waals surface area contributed by atoms with E-state index in [0.29, 0.717) is 19.4 Å². The molecule has 3 nitrogen and oxygen atoms in total. The Bertz CT molecular complexity index is 321. The van der Waals surface area contributed by atoms with Crippen molar-refractivity contribution in [3.63, 3.8) is 0 Å². The van der Waals surface area contributed by atoms with Crippen LogP contribution in [0.25, 0.3) is 0 Å². The van der Waals surface area contributed by atoms with Crippen molar-refractivity contribution in [1.29, 1.82) is 0 Å². The van der Waals surface area contributed by atoms with Crippen LogP contribution in [0.2, 0.25) is 0 Å². The first-order valence-electron chi connectivity index (χ1n) is 6.00.